The van der Waals surface area contributed by atoms with E-state index >= 15 is 0 Å². The summed E-state index contributed by atoms with van der Waals surface area (Å²) in [6.45, 7) is 5.77. The molecular formula is C28H26ClNO7. The zero-order valence-corrected chi connectivity index (χ0v) is 21.2. The molecule has 1 amide bonds. The smallest absolute Gasteiger partial charge is 0.300 e. The van der Waals surface area contributed by atoms with Gasteiger partial charge in [0.15, 0.2) is 11.5 Å². The zero-order chi connectivity index (χ0) is 26.9. The number of phenols is 2. The number of carbonyl (C=O) groups excluding carboxylic acids is 2. The Morgan fingerprint density at radius 2 is 1.68 bits per heavy atom. The molecule has 3 aromatic rings. The average Bonchev–Trinajstić information content (AvgIpc) is 3.12. The quantitative estimate of drug-likeness (QED) is 0.211. The summed E-state index contributed by atoms with van der Waals surface area (Å²) in [6.07, 6.45) is -0.0517. The monoisotopic (exact) mass is 523 g/mol. The second-order valence-corrected chi connectivity index (χ2v) is 9.09. The summed E-state index contributed by atoms with van der Waals surface area (Å²) in [5, 5.41) is 32.3. The molecule has 0 spiro atoms. The van der Waals surface area contributed by atoms with Crippen molar-refractivity contribution >= 4 is 34.7 Å². The van der Waals surface area contributed by atoms with Gasteiger partial charge in [-0.3, -0.25) is 14.5 Å². The molecule has 0 bridgehead atoms. The number of Topliss-reactive ketones (excluding diaryl/α,β-unsaturated/α-hetero) is 1. The number of aliphatic hydroxyl groups is 1. The number of aromatic hydroxyl groups is 2. The predicted octanol–water partition coefficient (Wildman–Crippen LogP) is 5.56. The largest absolute Gasteiger partial charge is 0.507 e. The van der Waals surface area contributed by atoms with Crippen molar-refractivity contribution in [1.82, 2.24) is 0 Å². The highest BCUT2D eigenvalue weighted by molar-refractivity contribution is 6.52. The number of amides is 1. The summed E-state index contributed by atoms with van der Waals surface area (Å²) in [7, 11) is 0. The number of anilines is 1. The molecule has 0 aromatic heterocycles. The Hall–Kier alpha value is -4.17. The van der Waals surface area contributed by atoms with Crippen molar-refractivity contribution in [2.24, 2.45) is 0 Å². The third-order valence-electron chi connectivity index (χ3n) is 5.74. The van der Waals surface area contributed by atoms with Gasteiger partial charge in [-0.15, -0.1) is 0 Å². The van der Waals surface area contributed by atoms with Gasteiger partial charge in [0.25, 0.3) is 11.7 Å². The van der Waals surface area contributed by atoms with Crippen LogP contribution in [-0.2, 0) is 9.59 Å². The number of carbonyl (C=O) groups is 2. The third-order valence-corrected chi connectivity index (χ3v) is 5.98. The van der Waals surface area contributed by atoms with E-state index in [2.05, 4.69) is 0 Å². The lowest BCUT2D eigenvalue weighted by atomic mass is 9.94. The number of benzene rings is 3. The minimum absolute atomic E-state index is 0.00892. The van der Waals surface area contributed by atoms with Crippen molar-refractivity contribution in [3.63, 3.8) is 0 Å². The molecule has 4 rings (SSSR count). The lowest BCUT2D eigenvalue weighted by molar-refractivity contribution is -0.132. The summed E-state index contributed by atoms with van der Waals surface area (Å²) in [5.74, 6) is -2.02. The molecule has 0 aliphatic carbocycles. The first-order chi connectivity index (χ1) is 17.6. The Balaban J connectivity index is 1.93. The molecule has 1 heterocycles. The van der Waals surface area contributed by atoms with Crippen molar-refractivity contribution < 1.29 is 34.4 Å². The fraction of sp³-hybridized carbons (Fsp3) is 0.214. The van der Waals surface area contributed by atoms with Crippen molar-refractivity contribution in [2.75, 3.05) is 11.5 Å². The third kappa shape index (κ3) is 5.06. The molecule has 0 saturated carbocycles. The molecule has 8 nitrogen and oxygen atoms in total. The Kier molecular flexibility index (Phi) is 7.31. The van der Waals surface area contributed by atoms with Gasteiger partial charge in [0.1, 0.15) is 17.3 Å². The van der Waals surface area contributed by atoms with E-state index in [1.54, 1.807) is 31.2 Å². The maximum absolute atomic E-state index is 13.3. The fourth-order valence-electron chi connectivity index (χ4n) is 4.18. The van der Waals surface area contributed by atoms with Crippen LogP contribution in [-0.4, -0.2) is 39.7 Å². The van der Waals surface area contributed by atoms with Crippen LogP contribution in [0.15, 0.2) is 66.2 Å². The summed E-state index contributed by atoms with van der Waals surface area (Å²) in [6, 6.07) is 13.8. The Bertz CT molecular complexity index is 1380. The normalized spacial score (nSPS) is 16.9. The molecule has 1 unspecified atom stereocenters. The molecule has 192 valence electrons. The van der Waals surface area contributed by atoms with Crippen LogP contribution in [0.1, 0.15) is 37.9 Å². The highest BCUT2D eigenvalue weighted by Crippen LogP contribution is 2.46. The highest BCUT2D eigenvalue weighted by atomic mass is 35.5. The van der Waals surface area contributed by atoms with Crippen molar-refractivity contribution in [2.45, 2.75) is 32.9 Å². The van der Waals surface area contributed by atoms with Gasteiger partial charge >= 0.3 is 0 Å². The molecule has 37 heavy (non-hydrogen) atoms. The second kappa shape index (κ2) is 10.4. The van der Waals surface area contributed by atoms with Crippen LogP contribution in [0.3, 0.4) is 0 Å². The molecule has 9 heteroatoms. The van der Waals surface area contributed by atoms with Gasteiger partial charge in [0, 0.05) is 10.6 Å². The van der Waals surface area contributed by atoms with Crippen LogP contribution in [0.25, 0.3) is 5.76 Å². The highest BCUT2D eigenvalue weighted by Gasteiger charge is 2.48. The van der Waals surface area contributed by atoms with Crippen molar-refractivity contribution in [3.8, 4) is 23.0 Å². The number of hydrogen-bond donors (Lipinski definition) is 3. The van der Waals surface area contributed by atoms with E-state index in [1.807, 2.05) is 13.8 Å². The molecule has 0 radical (unpaired) electrons. The fourth-order valence-corrected chi connectivity index (χ4v) is 4.34. The van der Waals surface area contributed by atoms with Crippen molar-refractivity contribution in [1.29, 1.82) is 0 Å². The average molecular weight is 524 g/mol. The van der Waals surface area contributed by atoms with Crippen LogP contribution in [0.5, 0.6) is 23.0 Å². The van der Waals surface area contributed by atoms with E-state index in [1.165, 1.54) is 36.4 Å². The Morgan fingerprint density at radius 3 is 2.32 bits per heavy atom. The minimum atomic E-state index is -1.16. The van der Waals surface area contributed by atoms with Gasteiger partial charge < -0.3 is 24.8 Å². The molecule has 1 fully saturated rings. The number of rotatable bonds is 7. The first kappa shape index (κ1) is 25.9. The van der Waals surface area contributed by atoms with E-state index in [0.29, 0.717) is 16.9 Å². The predicted molar refractivity (Wildman–Crippen MR) is 139 cm³/mol. The van der Waals surface area contributed by atoms with E-state index in [9.17, 15) is 24.9 Å². The zero-order valence-electron chi connectivity index (χ0n) is 20.4. The number of nitrogens with zero attached hydrogens (tertiary/aromatic N) is 1. The van der Waals surface area contributed by atoms with Gasteiger partial charge in [-0.05, 0) is 80.9 Å². The maximum atomic E-state index is 13.3. The topological polar surface area (TPSA) is 117 Å². The number of phenolic OH excluding ortho intramolecular Hbond substituents is 2. The first-order valence-corrected chi connectivity index (χ1v) is 12.0. The summed E-state index contributed by atoms with van der Waals surface area (Å²) in [5.41, 5.74) is 0.444. The van der Waals surface area contributed by atoms with E-state index in [0.717, 1.165) is 4.90 Å². The number of halogens is 1. The Morgan fingerprint density at radius 1 is 1.00 bits per heavy atom. The molecule has 1 aliphatic heterocycles. The minimum Gasteiger partial charge on any atom is -0.507 e. The molecular weight excluding hydrogens is 498 g/mol. The van der Waals surface area contributed by atoms with Gasteiger partial charge in [-0.2, -0.15) is 0 Å². The van der Waals surface area contributed by atoms with Gasteiger partial charge in [-0.25, -0.2) is 0 Å². The van der Waals surface area contributed by atoms with Crippen LogP contribution in [0, 0.1) is 0 Å². The summed E-state index contributed by atoms with van der Waals surface area (Å²) in [4.78, 5) is 27.8. The lowest BCUT2D eigenvalue weighted by Gasteiger charge is -2.26. The first-order valence-electron chi connectivity index (χ1n) is 11.6. The SMILES string of the molecule is CCOc1cc(C2/C(=C(\O)c3ccc(OC(C)C)cc3)C(=O)C(=O)N2c2cc(Cl)ccc2O)ccc1O. The van der Waals surface area contributed by atoms with Gasteiger partial charge in [0.2, 0.25) is 0 Å². The summed E-state index contributed by atoms with van der Waals surface area (Å²) >= 11 is 6.15. The van der Waals surface area contributed by atoms with E-state index in [4.69, 9.17) is 21.1 Å². The van der Waals surface area contributed by atoms with Gasteiger partial charge in [0.05, 0.1) is 30.0 Å². The van der Waals surface area contributed by atoms with Crippen LogP contribution >= 0.6 is 11.6 Å². The standard InChI is InChI=1S/C28H26ClNO7/c1-4-36-23-13-17(7-11-22(23)32)25-24(26(33)16-5-9-19(10-6-16)37-15(2)3)27(34)28(35)30(25)20-14-18(29)8-12-21(20)31/h5-15,25,31-33H,4H2,1-3H3/b26-24+. The number of hydrogen-bond acceptors (Lipinski definition) is 7. The molecule has 1 atom stereocenters. The van der Waals surface area contributed by atoms with Crippen LogP contribution in [0.4, 0.5) is 5.69 Å². The lowest BCUT2D eigenvalue weighted by Crippen LogP contribution is -2.29. The Labute approximate surface area is 218 Å². The van der Waals surface area contributed by atoms with Crippen molar-refractivity contribution in [3.05, 3.63) is 82.4 Å². The van der Waals surface area contributed by atoms with E-state index < -0.39 is 23.5 Å². The van der Waals surface area contributed by atoms with E-state index in [-0.39, 0.29) is 46.2 Å². The molecule has 1 saturated heterocycles. The van der Waals surface area contributed by atoms with Crippen LogP contribution < -0.4 is 14.4 Å². The molecule has 3 N–H and O–H groups in total. The number of ether oxygens (including phenoxy) is 2. The second-order valence-electron chi connectivity index (χ2n) is 8.65. The number of aliphatic hydroxyl groups excluding tert-OH is 1. The summed E-state index contributed by atoms with van der Waals surface area (Å²) < 4.78 is 11.1. The van der Waals surface area contributed by atoms with Crippen LogP contribution in [0.2, 0.25) is 5.02 Å². The molecule has 3 aromatic carbocycles. The maximum Gasteiger partial charge on any atom is 0.300 e. The van der Waals surface area contributed by atoms with Gasteiger partial charge in [-0.1, -0.05) is 17.7 Å². The number of ketones is 1. The molecule has 1 aliphatic rings.